The first-order valence-electron chi connectivity index (χ1n) is 8.07. The summed E-state index contributed by atoms with van der Waals surface area (Å²) in [6.45, 7) is -1.62. The number of nitriles is 1. The Kier molecular flexibility index (Phi) is 4.84. The molecule has 3 aromatic heterocycles. The maximum atomic E-state index is 13.6. The van der Waals surface area contributed by atoms with Gasteiger partial charge in [-0.3, -0.25) is 13.9 Å². The van der Waals surface area contributed by atoms with E-state index in [4.69, 9.17) is 5.26 Å². The molecule has 0 atom stereocenters. The van der Waals surface area contributed by atoms with Crippen molar-refractivity contribution >= 4 is 5.65 Å². The molecule has 0 spiro atoms. The second kappa shape index (κ2) is 6.82. The molecule has 0 saturated heterocycles. The summed E-state index contributed by atoms with van der Waals surface area (Å²) in [5.41, 5.74) is -4.87. The number of fused-ring (bicyclic) bond motifs is 1. The second-order valence-electron chi connectivity index (χ2n) is 6.41. The highest BCUT2D eigenvalue weighted by atomic mass is 19.4. The maximum Gasteiger partial charge on any atom is 0.434 e. The van der Waals surface area contributed by atoms with Gasteiger partial charge >= 0.3 is 18.0 Å². The van der Waals surface area contributed by atoms with Crippen molar-refractivity contribution in [2.45, 2.75) is 31.5 Å². The fourth-order valence-corrected chi connectivity index (χ4v) is 2.59. The Bertz CT molecular complexity index is 1210. The predicted octanol–water partition coefficient (Wildman–Crippen LogP) is 3.74. The van der Waals surface area contributed by atoms with Crippen molar-refractivity contribution in [2.24, 2.45) is 0 Å². The van der Waals surface area contributed by atoms with Crippen molar-refractivity contribution in [3.05, 3.63) is 52.3 Å². The molecule has 158 valence electrons. The molecule has 0 fully saturated rings. The molecule has 0 bridgehead atoms. The highest BCUT2D eigenvalue weighted by Crippen LogP contribution is 2.36. The van der Waals surface area contributed by atoms with Gasteiger partial charge in [0.2, 0.25) is 0 Å². The van der Waals surface area contributed by atoms with Crippen LogP contribution in [0.5, 0.6) is 0 Å². The van der Waals surface area contributed by atoms with E-state index < -0.39 is 52.6 Å². The number of nitrogens with zero attached hydrogens (tertiary/aromatic N) is 5. The van der Waals surface area contributed by atoms with Crippen LogP contribution in [0.15, 0.2) is 35.5 Å². The van der Waals surface area contributed by atoms with Crippen LogP contribution < -0.4 is 5.56 Å². The van der Waals surface area contributed by atoms with Crippen LogP contribution in [0.4, 0.5) is 30.7 Å². The minimum Gasteiger partial charge on any atom is -0.268 e. The lowest BCUT2D eigenvalue weighted by molar-refractivity contribution is -0.205. The summed E-state index contributed by atoms with van der Waals surface area (Å²) >= 11 is 0. The molecule has 0 unspecified atom stereocenters. The quantitative estimate of drug-likeness (QED) is 0.588. The number of hydrogen-bond acceptors (Lipinski definition) is 4. The first-order valence-corrected chi connectivity index (χ1v) is 8.07. The van der Waals surface area contributed by atoms with E-state index in [0.717, 1.165) is 16.7 Å². The van der Waals surface area contributed by atoms with E-state index >= 15 is 0 Å². The van der Waals surface area contributed by atoms with Gasteiger partial charge in [-0.1, -0.05) is 0 Å². The third-order valence-corrected chi connectivity index (χ3v) is 4.15. The zero-order valence-electron chi connectivity index (χ0n) is 14.9. The van der Waals surface area contributed by atoms with E-state index in [1.54, 1.807) is 6.07 Å². The molecule has 0 N–H and O–H groups in total. The van der Waals surface area contributed by atoms with E-state index in [0.29, 0.717) is 17.1 Å². The van der Waals surface area contributed by atoms with Gasteiger partial charge in [-0.25, -0.2) is 13.8 Å². The molecule has 0 saturated carbocycles. The molecule has 0 aliphatic heterocycles. The SMILES string of the molecule is CC(F)(F)C(F)(F)Cn1cc(-c2c(C(F)(F)F)nc3cc(C#N)ccn3c2=O)cn1. The average molecular weight is 433 g/mol. The van der Waals surface area contributed by atoms with E-state index in [2.05, 4.69) is 10.1 Å². The van der Waals surface area contributed by atoms with E-state index in [9.17, 15) is 35.5 Å². The topological polar surface area (TPSA) is 76.0 Å². The number of rotatable bonds is 4. The Labute approximate surface area is 162 Å². The van der Waals surface area contributed by atoms with Gasteiger partial charge in [-0.15, -0.1) is 0 Å². The van der Waals surface area contributed by atoms with E-state index in [-0.39, 0.29) is 12.5 Å². The van der Waals surface area contributed by atoms with Crippen molar-refractivity contribution in [3.63, 3.8) is 0 Å². The van der Waals surface area contributed by atoms with Gasteiger partial charge in [0.05, 0.1) is 23.4 Å². The van der Waals surface area contributed by atoms with Crippen molar-refractivity contribution in [3.8, 4) is 17.2 Å². The zero-order chi connectivity index (χ0) is 22.5. The van der Waals surface area contributed by atoms with Crippen LogP contribution in [0.2, 0.25) is 0 Å². The van der Waals surface area contributed by atoms with Crippen LogP contribution in [0.25, 0.3) is 16.8 Å². The van der Waals surface area contributed by atoms with Crippen LogP contribution in [0.3, 0.4) is 0 Å². The Morgan fingerprint density at radius 3 is 2.40 bits per heavy atom. The van der Waals surface area contributed by atoms with Gasteiger partial charge in [0, 0.05) is 24.9 Å². The normalized spacial score (nSPS) is 12.9. The third kappa shape index (κ3) is 3.72. The summed E-state index contributed by atoms with van der Waals surface area (Å²) in [5.74, 6) is -8.94. The Morgan fingerprint density at radius 2 is 1.83 bits per heavy atom. The highest BCUT2D eigenvalue weighted by molar-refractivity contribution is 5.66. The van der Waals surface area contributed by atoms with Crippen molar-refractivity contribution in [1.29, 1.82) is 5.26 Å². The summed E-state index contributed by atoms with van der Waals surface area (Å²) in [7, 11) is 0. The van der Waals surface area contributed by atoms with E-state index in [1.165, 1.54) is 6.07 Å². The van der Waals surface area contributed by atoms with Crippen LogP contribution in [-0.4, -0.2) is 31.0 Å². The molecular formula is C17H10F7N5O. The van der Waals surface area contributed by atoms with Crippen molar-refractivity contribution in [1.82, 2.24) is 19.2 Å². The minimum absolute atomic E-state index is 0.00565. The molecule has 3 aromatic rings. The Balaban J connectivity index is 2.19. The van der Waals surface area contributed by atoms with Crippen LogP contribution in [0, 0.1) is 11.3 Å². The average Bonchev–Trinajstić information content (AvgIpc) is 3.06. The molecule has 6 nitrogen and oxygen atoms in total. The van der Waals surface area contributed by atoms with Crippen LogP contribution in [0.1, 0.15) is 18.2 Å². The summed E-state index contributed by atoms with van der Waals surface area (Å²) in [5, 5.41) is 12.2. The maximum absolute atomic E-state index is 13.6. The minimum atomic E-state index is -5.12. The van der Waals surface area contributed by atoms with Gasteiger partial charge in [0.1, 0.15) is 12.2 Å². The molecule has 3 rings (SSSR count). The molecule has 13 heteroatoms. The van der Waals surface area contributed by atoms with Gasteiger partial charge in [0.25, 0.3) is 5.56 Å². The number of aromatic nitrogens is 4. The first kappa shape index (κ1) is 21.3. The molecule has 30 heavy (non-hydrogen) atoms. The first-order chi connectivity index (χ1) is 13.7. The summed E-state index contributed by atoms with van der Waals surface area (Å²) in [4.78, 5) is 16.1. The predicted molar refractivity (Wildman–Crippen MR) is 88.0 cm³/mol. The number of hydrogen-bond donors (Lipinski definition) is 0. The van der Waals surface area contributed by atoms with Gasteiger partial charge in [-0.05, 0) is 12.1 Å². The summed E-state index contributed by atoms with van der Waals surface area (Å²) < 4.78 is 94.8. The van der Waals surface area contributed by atoms with Crippen molar-refractivity contribution in [2.75, 3.05) is 0 Å². The summed E-state index contributed by atoms with van der Waals surface area (Å²) in [6, 6.07) is 3.83. The number of pyridine rings is 1. The summed E-state index contributed by atoms with van der Waals surface area (Å²) in [6.07, 6.45) is -2.78. The zero-order valence-corrected chi connectivity index (χ0v) is 14.9. The molecule has 0 aromatic carbocycles. The van der Waals surface area contributed by atoms with Crippen LogP contribution >= 0.6 is 0 Å². The van der Waals surface area contributed by atoms with Gasteiger partial charge in [-0.2, -0.15) is 32.3 Å². The highest BCUT2D eigenvalue weighted by Gasteiger charge is 2.52. The van der Waals surface area contributed by atoms with Crippen molar-refractivity contribution < 1.29 is 30.7 Å². The molecule has 0 aliphatic rings. The standard InChI is InChI=1S/C17H10F7N5O/c1-15(18,19)16(20,21)8-28-7-10(6-26-28)12-13(17(22,23)24)27-11-4-9(5-25)2-3-29(11)14(12)30/h2-4,6-7H,8H2,1H3. The lowest BCUT2D eigenvalue weighted by Gasteiger charge is -2.22. The van der Waals surface area contributed by atoms with E-state index in [1.807, 2.05) is 0 Å². The van der Waals surface area contributed by atoms with Crippen LogP contribution in [-0.2, 0) is 12.7 Å². The Morgan fingerprint density at radius 1 is 1.17 bits per heavy atom. The fourth-order valence-electron chi connectivity index (χ4n) is 2.59. The molecular weight excluding hydrogens is 423 g/mol. The lowest BCUT2D eigenvalue weighted by atomic mass is 10.1. The monoisotopic (exact) mass is 433 g/mol. The molecule has 0 amide bonds. The largest absolute Gasteiger partial charge is 0.434 e. The number of halogens is 7. The molecule has 3 heterocycles. The lowest BCUT2D eigenvalue weighted by Crippen LogP contribution is -2.41. The smallest absolute Gasteiger partial charge is 0.268 e. The van der Waals surface area contributed by atoms with Gasteiger partial charge < -0.3 is 0 Å². The number of alkyl halides is 7. The van der Waals surface area contributed by atoms with Gasteiger partial charge in [0.15, 0.2) is 5.69 Å². The second-order valence-corrected chi connectivity index (χ2v) is 6.41. The Hall–Kier alpha value is -3.43. The third-order valence-electron chi connectivity index (χ3n) is 4.15. The molecule has 0 aliphatic carbocycles. The molecule has 0 radical (unpaired) electrons. The fraction of sp³-hybridized carbons (Fsp3) is 0.294.